The molecule has 0 atom stereocenters. The normalized spacial score (nSPS) is 13.8. The van der Waals surface area contributed by atoms with Crippen molar-refractivity contribution in [3.8, 4) is 17.0 Å². The van der Waals surface area contributed by atoms with Gasteiger partial charge in [-0.05, 0) is 73.8 Å². The second-order valence-electron chi connectivity index (χ2n) is 10.1. The van der Waals surface area contributed by atoms with Crippen molar-refractivity contribution in [2.24, 2.45) is 0 Å². The van der Waals surface area contributed by atoms with Crippen LogP contribution in [0.3, 0.4) is 0 Å². The first-order valence-electron chi connectivity index (χ1n) is 13.8. The van der Waals surface area contributed by atoms with Gasteiger partial charge in [-0.3, -0.25) is 4.57 Å². The van der Waals surface area contributed by atoms with Crippen molar-refractivity contribution >= 4 is 11.7 Å². The third kappa shape index (κ3) is 7.48. The minimum atomic E-state index is -0.160. The Labute approximate surface area is 231 Å². The van der Waals surface area contributed by atoms with Gasteiger partial charge >= 0.3 is 6.03 Å². The van der Waals surface area contributed by atoms with Crippen LogP contribution < -0.4 is 15.0 Å². The number of nitrogens with one attached hydrogen (secondary N) is 1. The average molecular weight is 524 g/mol. The summed E-state index contributed by atoms with van der Waals surface area (Å²) in [5, 5.41) is 2.97. The van der Waals surface area contributed by atoms with Crippen LogP contribution in [0.4, 0.5) is 10.5 Å². The molecule has 3 aromatic carbocycles. The zero-order valence-electron chi connectivity index (χ0n) is 22.6. The Morgan fingerprint density at radius 2 is 1.62 bits per heavy atom. The second-order valence-corrected chi connectivity index (χ2v) is 10.1. The molecule has 4 aromatic rings. The number of benzene rings is 3. The summed E-state index contributed by atoms with van der Waals surface area (Å²) in [7, 11) is 2.17. The number of hydrogen-bond acceptors (Lipinski definition) is 5. The molecule has 0 saturated carbocycles. The highest BCUT2D eigenvalue weighted by atomic mass is 16.5. The summed E-state index contributed by atoms with van der Waals surface area (Å²) in [6, 6.07) is 26.7. The Morgan fingerprint density at radius 1 is 0.872 bits per heavy atom. The molecule has 7 nitrogen and oxygen atoms in total. The van der Waals surface area contributed by atoms with Crippen LogP contribution in [0.5, 0.6) is 5.75 Å². The number of piperazine rings is 1. The molecule has 39 heavy (non-hydrogen) atoms. The smallest absolute Gasteiger partial charge is 0.326 e. The van der Waals surface area contributed by atoms with E-state index in [-0.39, 0.29) is 6.03 Å². The van der Waals surface area contributed by atoms with E-state index in [2.05, 4.69) is 75.7 Å². The van der Waals surface area contributed by atoms with Gasteiger partial charge in [-0.2, -0.15) is 0 Å². The van der Waals surface area contributed by atoms with E-state index in [4.69, 9.17) is 4.74 Å². The second kappa shape index (κ2) is 13.1. The molecule has 1 N–H and O–H groups in total. The molecule has 1 aliphatic heterocycles. The number of rotatable bonds is 10. The number of amides is 1. The third-order valence-corrected chi connectivity index (χ3v) is 7.19. The highest BCUT2D eigenvalue weighted by Crippen LogP contribution is 2.22. The van der Waals surface area contributed by atoms with Gasteiger partial charge in [-0.25, -0.2) is 9.78 Å². The number of unbranched alkanes of at least 4 members (excludes halogenated alkanes) is 1. The van der Waals surface area contributed by atoms with Crippen molar-refractivity contribution in [1.82, 2.24) is 19.8 Å². The number of aryl methyl sites for hydroxylation is 1. The quantitative estimate of drug-likeness (QED) is 0.280. The summed E-state index contributed by atoms with van der Waals surface area (Å²) in [5.74, 6) is 0.801. The van der Waals surface area contributed by atoms with Gasteiger partial charge < -0.3 is 19.9 Å². The van der Waals surface area contributed by atoms with Crippen molar-refractivity contribution in [2.45, 2.75) is 25.9 Å². The molecule has 0 aliphatic carbocycles. The first-order valence-corrected chi connectivity index (χ1v) is 13.8. The number of carbonyl (C=O) groups is 1. The molecule has 1 aliphatic rings. The van der Waals surface area contributed by atoms with Gasteiger partial charge in [0.1, 0.15) is 18.7 Å². The van der Waals surface area contributed by atoms with E-state index >= 15 is 0 Å². The lowest BCUT2D eigenvalue weighted by atomic mass is 10.1. The molecule has 1 aromatic heterocycles. The number of likely N-dealkylation sites (N-methyl/N-ethyl adjacent to an activating group) is 1. The Bertz CT molecular complexity index is 1310. The van der Waals surface area contributed by atoms with Crippen molar-refractivity contribution in [3.63, 3.8) is 0 Å². The van der Waals surface area contributed by atoms with E-state index in [1.165, 1.54) is 15.8 Å². The molecule has 7 heteroatoms. The number of ether oxygens (including phenoxy) is 1. The van der Waals surface area contributed by atoms with Gasteiger partial charge in [0, 0.05) is 50.2 Å². The van der Waals surface area contributed by atoms with E-state index in [0.717, 1.165) is 68.0 Å². The van der Waals surface area contributed by atoms with Crippen LogP contribution in [0.25, 0.3) is 11.3 Å². The monoisotopic (exact) mass is 523 g/mol. The standard InChI is InChI=1S/C32H37N5O2/c1-35-19-21-36(22-20-35)29-14-10-27(11-15-29)24-39-30-16-12-28(13-17-30)31-23-37(25-34-31)32(38)33-18-6-5-9-26-7-3-2-4-8-26/h2-4,7-8,10-17,23,25H,5-6,9,18-22,24H2,1H3,(H,33,38). The van der Waals surface area contributed by atoms with Crippen LogP contribution >= 0.6 is 0 Å². The van der Waals surface area contributed by atoms with E-state index in [1.54, 1.807) is 12.5 Å². The van der Waals surface area contributed by atoms with Crippen molar-refractivity contribution < 1.29 is 9.53 Å². The van der Waals surface area contributed by atoms with Crippen LogP contribution in [0.15, 0.2) is 91.4 Å². The maximum absolute atomic E-state index is 12.5. The van der Waals surface area contributed by atoms with Crippen LogP contribution in [-0.2, 0) is 13.0 Å². The topological polar surface area (TPSA) is 62.6 Å². The molecule has 0 unspecified atom stereocenters. The van der Waals surface area contributed by atoms with Crippen LogP contribution in [0.2, 0.25) is 0 Å². The van der Waals surface area contributed by atoms with Crippen LogP contribution in [-0.4, -0.2) is 60.3 Å². The Morgan fingerprint density at radius 3 is 2.36 bits per heavy atom. The molecule has 202 valence electrons. The summed E-state index contributed by atoms with van der Waals surface area (Å²) >= 11 is 0. The molecule has 0 bridgehead atoms. The molecular weight excluding hydrogens is 486 g/mol. The molecule has 0 spiro atoms. The predicted octanol–water partition coefficient (Wildman–Crippen LogP) is 5.46. The minimum Gasteiger partial charge on any atom is -0.489 e. The number of aromatic nitrogens is 2. The summed E-state index contributed by atoms with van der Waals surface area (Å²) < 4.78 is 7.51. The molecule has 1 fully saturated rings. The molecule has 2 heterocycles. The predicted molar refractivity (Wildman–Crippen MR) is 156 cm³/mol. The summed E-state index contributed by atoms with van der Waals surface area (Å²) in [6.07, 6.45) is 6.32. The van der Waals surface area contributed by atoms with E-state index in [9.17, 15) is 4.79 Å². The fraction of sp³-hybridized carbons (Fsp3) is 0.312. The highest BCUT2D eigenvalue weighted by molar-refractivity contribution is 5.77. The zero-order valence-corrected chi connectivity index (χ0v) is 22.6. The molecule has 5 rings (SSSR count). The summed E-state index contributed by atoms with van der Waals surface area (Å²) in [6.45, 7) is 5.49. The fourth-order valence-electron chi connectivity index (χ4n) is 4.72. The third-order valence-electron chi connectivity index (χ3n) is 7.19. The number of carbonyl (C=O) groups excluding carboxylic acids is 1. The van der Waals surface area contributed by atoms with Gasteiger partial charge in [-0.1, -0.05) is 42.5 Å². The average Bonchev–Trinajstić information content (AvgIpc) is 3.48. The highest BCUT2D eigenvalue weighted by Gasteiger charge is 2.14. The molecular formula is C32H37N5O2. The number of imidazole rings is 1. The van der Waals surface area contributed by atoms with Crippen molar-refractivity contribution in [3.05, 3.63) is 103 Å². The zero-order chi connectivity index (χ0) is 26.9. The van der Waals surface area contributed by atoms with Gasteiger partial charge in [0.2, 0.25) is 0 Å². The number of nitrogens with zero attached hydrogens (tertiary/aromatic N) is 4. The minimum absolute atomic E-state index is 0.160. The lowest BCUT2D eigenvalue weighted by molar-refractivity contribution is 0.242. The van der Waals surface area contributed by atoms with Crippen LogP contribution in [0.1, 0.15) is 24.0 Å². The van der Waals surface area contributed by atoms with E-state index < -0.39 is 0 Å². The molecule has 1 amide bonds. The Kier molecular flexibility index (Phi) is 8.91. The summed E-state index contributed by atoms with van der Waals surface area (Å²) in [4.78, 5) is 21.7. The van der Waals surface area contributed by atoms with Crippen molar-refractivity contribution in [1.29, 1.82) is 0 Å². The van der Waals surface area contributed by atoms with Gasteiger partial charge in [0.25, 0.3) is 0 Å². The molecule has 1 saturated heterocycles. The summed E-state index contributed by atoms with van der Waals surface area (Å²) in [5.41, 5.74) is 5.43. The van der Waals surface area contributed by atoms with Crippen molar-refractivity contribution in [2.75, 3.05) is 44.7 Å². The Balaban J connectivity index is 1.05. The van der Waals surface area contributed by atoms with Gasteiger partial charge in [0.15, 0.2) is 0 Å². The maximum Gasteiger partial charge on any atom is 0.326 e. The van der Waals surface area contributed by atoms with E-state index in [0.29, 0.717) is 13.2 Å². The SMILES string of the molecule is CN1CCN(c2ccc(COc3ccc(-c4cn(C(=O)NCCCCc5ccccc5)cn4)cc3)cc2)CC1. The maximum atomic E-state index is 12.5. The molecule has 0 radical (unpaired) electrons. The van der Waals surface area contributed by atoms with E-state index in [1.807, 2.05) is 30.3 Å². The lowest BCUT2D eigenvalue weighted by Gasteiger charge is -2.34. The first kappa shape index (κ1) is 26.5. The van der Waals surface area contributed by atoms with Gasteiger partial charge in [0.05, 0.1) is 5.69 Å². The first-order chi connectivity index (χ1) is 19.1. The fourth-order valence-corrected chi connectivity index (χ4v) is 4.72. The lowest BCUT2D eigenvalue weighted by Crippen LogP contribution is -2.44. The van der Waals surface area contributed by atoms with Crippen LogP contribution in [0, 0.1) is 0 Å². The Hall–Kier alpha value is -4.10. The number of hydrogen-bond donors (Lipinski definition) is 1. The van der Waals surface area contributed by atoms with Gasteiger partial charge in [-0.15, -0.1) is 0 Å². The number of anilines is 1. The largest absolute Gasteiger partial charge is 0.489 e.